The molecule has 0 aromatic heterocycles. The molecule has 1 atom stereocenters. The SMILES string of the molecule is CC(=O)C(C)(C)NCC(CNC(C)(C)C(=O)CC1=COC=CO1)Cc1ccc(N=C=S)cc1. The molecule has 8 heteroatoms. The number of hydrogen-bond donors (Lipinski definition) is 2. The second-order valence-electron chi connectivity index (χ2n) is 9.22. The molecule has 0 spiro atoms. The van der Waals surface area contributed by atoms with E-state index < -0.39 is 11.1 Å². The lowest BCUT2D eigenvalue weighted by Crippen LogP contribution is -2.52. The predicted molar refractivity (Wildman–Crippen MR) is 132 cm³/mol. The summed E-state index contributed by atoms with van der Waals surface area (Å²) in [5.41, 5.74) is 0.489. The summed E-state index contributed by atoms with van der Waals surface area (Å²) in [4.78, 5) is 28.8. The summed E-state index contributed by atoms with van der Waals surface area (Å²) in [5.74, 6) is 0.666. The Morgan fingerprint density at radius 1 is 1.06 bits per heavy atom. The third-order valence-electron chi connectivity index (χ3n) is 5.77. The van der Waals surface area contributed by atoms with Crippen molar-refractivity contribution in [2.75, 3.05) is 13.1 Å². The Hall–Kier alpha value is -2.64. The van der Waals surface area contributed by atoms with E-state index in [9.17, 15) is 9.59 Å². The van der Waals surface area contributed by atoms with Crippen LogP contribution in [0.25, 0.3) is 0 Å². The van der Waals surface area contributed by atoms with E-state index in [0.29, 0.717) is 18.8 Å². The van der Waals surface area contributed by atoms with E-state index in [1.807, 2.05) is 52.0 Å². The lowest BCUT2D eigenvalue weighted by Gasteiger charge is -2.31. The van der Waals surface area contributed by atoms with Gasteiger partial charge in [0.15, 0.2) is 5.78 Å². The van der Waals surface area contributed by atoms with Crippen molar-refractivity contribution in [1.82, 2.24) is 10.6 Å². The van der Waals surface area contributed by atoms with Gasteiger partial charge in [-0.05, 0) is 76.9 Å². The van der Waals surface area contributed by atoms with Crippen LogP contribution >= 0.6 is 12.2 Å². The van der Waals surface area contributed by atoms with Gasteiger partial charge in [0.1, 0.15) is 30.3 Å². The third-order valence-corrected chi connectivity index (χ3v) is 5.86. The fourth-order valence-corrected chi connectivity index (χ4v) is 3.19. The molecule has 1 aliphatic heterocycles. The zero-order valence-electron chi connectivity index (χ0n) is 19.9. The zero-order valence-corrected chi connectivity index (χ0v) is 20.8. The van der Waals surface area contributed by atoms with E-state index in [4.69, 9.17) is 9.47 Å². The number of nitrogens with one attached hydrogen (secondary N) is 2. The van der Waals surface area contributed by atoms with E-state index in [-0.39, 0.29) is 23.9 Å². The summed E-state index contributed by atoms with van der Waals surface area (Å²) in [5, 5.41) is 9.15. The number of nitrogens with zero attached hydrogens (tertiary/aromatic N) is 1. The number of allylic oxidation sites excluding steroid dienone is 1. The fraction of sp³-hybridized carbons (Fsp3) is 0.480. The molecular weight excluding hydrogens is 438 g/mol. The van der Waals surface area contributed by atoms with Crippen molar-refractivity contribution in [3.05, 3.63) is 54.4 Å². The molecule has 0 amide bonds. The van der Waals surface area contributed by atoms with Crippen LogP contribution in [-0.2, 0) is 25.5 Å². The highest BCUT2D eigenvalue weighted by atomic mass is 32.1. The second-order valence-corrected chi connectivity index (χ2v) is 9.40. The number of hydrogen-bond acceptors (Lipinski definition) is 8. The number of ether oxygens (including phenoxy) is 2. The number of Topliss-reactive ketones (excluding diaryl/α,β-unsaturated/α-hetero) is 2. The maximum absolute atomic E-state index is 12.9. The number of thiocarbonyl (C=S) groups is 1. The normalized spacial score (nSPS) is 14.4. The van der Waals surface area contributed by atoms with Crippen LogP contribution in [0.4, 0.5) is 5.69 Å². The van der Waals surface area contributed by atoms with Gasteiger partial charge < -0.3 is 20.1 Å². The molecule has 2 rings (SSSR count). The molecule has 1 aliphatic rings. The second kappa shape index (κ2) is 12.0. The fourth-order valence-electron chi connectivity index (χ4n) is 3.08. The Morgan fingerprint density at radius 3 is 2.24 bits per heavy atom. The highest BCUT2D eigenvalue weighted by Gasteiger charge is 2.30. The van der Waals surface area contributed by atoms with Crippen LogP contribution < -0.4 is 10.6 Å². The first-order valence-corrected chi connectivity index (χ1v) is 11.3. The van der Waals surface area contributed by atoms with Crippen molar-refractivity contribution in [3.8, 4) is 0 Å². The molecule has 0 saturated carbocycles. The molecule has 1 aromatic rings. The summed E-state index contributed by atoms with van der Waals surface area (Å²) in [6, 6.07) is 7.80. The average Bonchev–Trinajstić information content (AvgIpc) is 2.77. The standard InChI is InChI=1S/C25H33N3O4S/c1-18(29)24(2,3)27-14-20(12-19-6-8-21(9-7-19)26-17-33)15-28-25(4,5)23(30)13-22-16-31-10-11-32-22/h6-11,16,20,27-28H,12-15H2,1-5H3. The maximum Gasteiger partial charge on any atom is 0.159 e. The number of rotatable bonds is 13. The van der Waals surface area contributed by atoms with E-state index in [1.165, 1.54) is 18.8 Å². The molecule has 0 aliphatic carbocycles. The number of isothiocyanates is 1. The Balaban J connectivity index is 2.06. The van der Waals surface area contributed by atoms with Crippen LogP contribution in [0.3, 0.4) is 0 Å². The van der Waals surface area contributed by atoms with Crippen LogP contribution in [0.2, 0.25) is 0 Å². The van der Waals surface area contributed by atoms with Crippen LogP contribution in [0.1, 0.15) is 46.6 Å². The molecule has 2 N–H and O–H groups in total. The first-order chi connectivity index (χ1) is 15.5. The molecule has 0 saturated heterocycles. The largest absolute Gasteiger partial charge is 0.466 e. The summed E-state index contributed by atoms with van der Waals surface area (Å²) in [6.45, 7) is 10.2. The molecule has 7 nitrogen and oxygen atoms in total. The molecular formula is C25H33N3O4S. The zero-order chi connectivity index (χ0) is 24.5. The van der Waals surface area contributed by atoms with Crippen molar-refractivity contribution < 1.29 is 19.1 Å². The number of carbonyl (C=O) groups excluding carboxylic acids is 2. The molecule has 0 bridgehead atoms. The van der Waals surface area contributed by atoms with Gasteiger partial charge in [0.2, 0.25) is 0 Å². The van der Waals surface area contributed by atoms with Gasteiger partial charge in [0, 0.05) is 13.1 Å². The first-order valence-electron chi connectivity index (χ1n) is 10.9. The molecule has 178 valence electrons. The van der Waals surface area contributed by atoms with Crippen molar-refractivity contribution in [2.24, 2.45) is 10.9 Å². The van der Waals surface area contributed by atoms with E-state index in [2.05, 4.69) is 33.0 Å². The summed E-state index contributed by atoms with van der Waals surface area (Å²) in [7, 11) is 0. The molecule has 0 fully saturated rings. The molecule has 1 aromatic carbocycles. The maximum atomic E-state index is 12.9. The van der Waals surface area contributed by atoms with Crippen molar-refractivity contribution >= 4 is 34.6 Å². The highest BCUT2D eigenvalue weighted by Crippen LogP contribution is 2.19. The van der Waals surface area contributed by atoms with Gasteiger partial charge in [0.05, 0.1) is 28.3 Å². The Morgan fingerprint density at radius 2 is 1.70 bits per heavy atom. The van der Waals surface area contributed by atoms with Gasteiger partial charge in [-0.2, -0.15) is 4.99 Å². The molecule has 0 radical (unpaired) electrons. The molecule has 1 heterocycles. The van der Waals surface area contributed by atoms with Crippen LogP contribution in [-0.4, -0.2) is 40.9 Å². The predicted octanol–water partition coefficient (Wildman–Crippen LogP) is 4.22. The molecule has 33 heavy (non-hydrogen) atoms. The van der Waals surface area contributed by atoms with Gasteiger partial charge in [-0.1, -0.05) is 12.1 Å². The van der Waals surface area contributed by atoms with Crippen molar-refractivity contribution in [3.63, 3.8) is 0 Å². The van der Waals surface area contributed by atoms with E-state index in [0.717, 1.165) is 17.7 Å². The Labute approximate surface area is 201 Å². The number of aliphatic imine (C=N–C) groups is 1. The van der Waals surface area contributed by atoms with Gasteiger partial charge >= 0.3 is 0 Å². The van der Waals surface area contributed by atoms with Crippen molar-refractivity contribution in [1.29, 1.82) is 0 Å². The smallest absolute Gasteiger partial charge is 0.159 e. The van der Waals surface area contributed by atoms with Crippen LogP contribution in [0.5, 0.6) is 0 Å². The minimum Gasteiger partial charge on any atom is -0.466 e. The average molecular weight is 472 g/mol. The minimum atomic E-state index is -0.766. The summed E-state index contributed by atoms with van der Waals surface area (Å²) in [6.07, 6.45) is 5.14. The minimum absolute atomic E-state index is 0.00851. The number of benzene rings is 1. The monoisotopic (exact) mass is 471 g/mol. The highest BCUT2D eigenvalue weighted by molar-refractivity contribution is 7.78. The first kappa shape index (κ1) is 26.6. The van der Waals surface area contributed by atoms with Crippen molar-refractivity contribution in [2.45, 2.75) is 58.5 Å². The van der Waals surface area contributed by atoms with Gasteiger partial charge in [-0.3, -0.25) is 9.59 Å². The van der Waals surface area contributed by atoms with Gasteiger partial charge in [-0.25, -0.2) is 0 Å². The van der Waals surface area contributed by atoms with Crippen LogP contribution in [0.15, 0.2) is 53.8 Å². The summed E-state index contributed by atoms with van der Waals surface area (Å²) >= 11 is 4.66. The van der Waals surface area contributed by atoms with Gasteiger partial charge in [0.25, 0.3) is 0 Å². The number of ketones is 2. The van der Waals surface area contributed by atoms with Crippen LogP contribution in [0, 0.1) is 5.92 Å². The van der Waals surface area contributed by atoms with E-state index >= 15 is 0 Å². The summed E-state index contributed by atoms with van der Waals surface area (Å²) < 4.78 is 10.4. The molecule has 1 unspecified atom stereocenters. The Kier molecular flexibility index (Phi) is 9.68. The lowest BCUT2D eigenvalue weighted by molar-refractivity contribution is -0.124. The third kappa shape index (κ3) is 8.67. The topological polar surface area (TPSA) is 89.0 Å². The quantitative estimate of drug-likeness (QED) is 0.329. The number of carbonyl (C=O) groups is 2. The lowest BCUT2D eigenvalue weighted by atomic mass is 9.92. The van der Waals surface area contributed by atoms with E-state index in [1.54, 1.807) is 6.92 Å². The van der Waals surface area contributed by atoms with Gasteiger partial charge in [-0.15, -0.1) is 0 Å². The Bertz CT molecular complexity index is 945.